The molecule has 1 N–H and O–H groups in total. The number of nitro groups is 1. The van der Waals surface area contributed by atoms with E-state index in [1.54, 1.807) is 19.2 Å². The van der Waals surface area contributed by atoms with Crippen molar-refractivity contribution in [1.29, 1.82) is 0 Å². The summed E-state index contributed by atoms with van der Waals surface area (Å²) in [7, 11) is 0. The highest BCUT2D eigenvalue weighted by atomic mass is 16.6. The predicted molar refractivity (Wildman–Crippen MR) is 76.9 cm³/mol. The second-order valence-electron chi connectivity index (χ2n) is 5.84. The van der Waals surface area contributed by atoms with E-state index < -0.39 is 4.92 Å². The maximum atomic E-state index is 11.1. The van der Waals surface area contributed by atoms with Crippen molar-refractivity contribution >= 4 is 11.5 Å². The van der Waals surface area contributed by atoms with Crippen LogP contribution in [-0.2, 0) is 4.74 Å². The summed E-state index contributed by atoms with van der Waals surface area (Å²) in [5.74, 6) is 0.341. The van der Waals surface area contributed by atoms with Crippen LogP contribution in [0.4, 0.5) is 11.5 Å². The van der Waals surface area contributed by atoms with Gasteiger partial charge in [-0.1, -0.05) is 13.8 Å². The van der Waals surface area contributed by atoms with Crippen molar-refractivity contribution in [2.24, 2.45) is 5.41 Å². The maximum Gasteiger partial charge on any atom is 0.311 e. The van der Waals surface area contributed by atoms with Gasteiger partial charge in [0, 0.05) is 30.3 Å². The van der Waals surface area contributed by atoms with Gasteiger partial charge in [0.15, 0.2) is 0 Å². The fourth-order valence-electron chi connectivity index (χ4n) is 2.58. The van der Waals surface area contributed by atoms with Crippen molar-refractivity contribution in [3.8, 4) is 0 Å². The molecule has 0 radical (unpaired) electrons. The van der Waals surface area contributed by atoms with Crippen LogP contribution in [0, 0.1) is 22.5 Å². The number of pyridine rings is 1. The van der Waals surface area contributed by atoms with Crippen molar-refractivity contribution < 1.29 is 9.66 Å². The zero-order valence-electron chi connectivity index (χ0n) is 12.3. The number of aromatic nitrogens is 1. The Morgan fingerprint density at radius 2 is 2.30 bits per heavy atom. The number of anilines is 1. The molecule has 2 unspecified atom stereocenters. The normalized spacial score (nSPS) is 24.0. The lowest BCUT2D eigenvalue weighted by Gasteiger charge is -2.51. The third-order valence-electron chi connectivity index (χ3n) is 4.06. The van der Waals surface area contributed by atoms with Crippen molar-refractivity contribution in [2.45, 2.75) is 46.3 Å². The minimum Gasteiger partial charge on any atom is -0.378 e. The zero-order chi connectivity index (χ0) is 14.9. The van der Waals surface area contributed by atoms with Crippen LogP contribution in [0.2, 0.25) is 0 Å². The molecule has 6 nitrogen and oxygen atoms in total. The van der Waals surface area contributed by atoms with E-state index in [1.165, 1.54) is 0 Å². The molecule has 0 bridgehead atoms. The van der Waals surface area contributed by atoms with Gasteiger partial charge in [-0.25, -0.2) is 4.98 Å². The Kier molecular flexibility index (Phi) is 3.94. The van der Waals surface area contributed by atoms with Crippen LogP contribution >= 0.6 is 0 Å². The molecule has 0 amide bonds. The fraction of sp³-hybridized carbons (Fsp3) is 0.643. The lowest BCUT2D eigenvalue weighted by molar-refractivity contribution is -0.384. The summed E-state index contributed by atoms with van der Waals surface area (Å²) in [6.45, 7) is 8.66. The lowest BCUT2D eigenvalue weighted by atomic mass is 9.64. The monoisotopic (exact) mass is 279 g/mol. The van der Waals surface area contributed by atoms with Crippen molar-refractivity contribution in [3.05, 3.63) is 27.9 Å². The second kappa shape index (κ2) is 5.36. The van der Waals surface area contributed by atoms with E-state index in [0.717, 1.165) is 12.0 Å². The first-order valence-corrected chi connectivity index (χ1v) is 6.85. The number of ether oxygens (including phenoxy) is 1. The molecule has 1 aromatic heterocycles. The quantitative estimate of drug-likeness (QED) is 0.662. The third-order valence-corrected chi connectivity index (χ3v) is 4.06. The highest BCUT2D eigenvalue weighted by molar-refractivity contribution is 5.57. The molecule has 1 fully saturated rings. The molecule has 6 heteroatoms. The average Bonchev–Trinajstić information content (AvgIpc) is 2.39. The molecule has 1 aliphatic carbocycles. The van der Waals surface area contributed by atoms with Gasteiger partial charge in [-0.3, -0.25) is 10.1 Å². The highest BCUT2D eigenvalue weighted by Crippen LogP contribution is 2.44. The van der Waals surface area contributed by atoms with Crippen molar-refractivity contribution in [1.82, 2.24) is 4.98 Å². The first kappa shape index (κ1) is 14.7. The second-order valence-corrected chi connectivity index (χ2v) is 5.84. The molecular weight excluding hydrogens is 258 g/mol. The van der Waals surface area contributed by atoms with Gasteiger partial charge in [-0.05, 0) is 25.8 Å². The lowest BCUT2D eigenvalue weighted by Crippen LogP contribution is -2.58. The summed E-state index contributed by atoms with van der Waals surface area (Å²) in [5, 5.41) is 14.3. The Bertz CT molecular complexity index is 516. The molecular formula is C14H21N3O3. The van der Waals surface area contributed by atoms with Crippen molar-refractivity contribution in [3.63, 3.8) is 0 Å². The number of hydrogen-bond donors (Lipinski definition) is 1. The van der Waals surface area contributed by atoms with Gasteiger partial charge in [-0.15, -0.1) is 0 Å². The molecule has 2 rings (SSSR count). The number of rotatable bonds is 5. The summed E-state index contributed by atoms with van der Waals surface area (Å²) >= 11 is 0. The number of nitrogens with zero attached hydrogens (tertiary/aromatic N) is 2. The van der Waals surface area contributed by atoms with E-state index in [9.17, 15) is 10.1 Å². The molecule has 110 valence electrons. The van der Waals surface area contributed by atoms with Crippen molar-refractivity contribution in [2.75, 3.05) is 11.9 Å². The molecule has 1 heterocycles. The van der Waals surface area contributed by atoms with E-state index >= 15 is 0 Å². The largest absolute Gasteiger partial charge is 0.378 e. The minimum atomic E-state index is -0.395. The SMILES string of the molecule is CCOC1CC(Nc2ncc(C)cc2[N+](=O)[O-])C1(C)C. The van der Waals surface area contributed by atoms with Gasteiger partial charge in [0.2, 0.25) is 5.82 Å². The minimum absolute atomic E-state index is 0.0284. The van der Waals surface area contributed by atoms with Crippen LogP contribution in [0.15, 0.2) is 12.3 Å². The van der Waals surface area contributed by atoms with Gasteiger partial charge in [0.05, 0.1) is 11.0 Å². The Balaban J connectivity index is 2.14. The van der Waals surface area contributed by atoms with Crippen LogP contribution in [-0.4, -0.2) is 28.7 Å². The van der Waals surface area contributed by atoms with Crippen LogP contribution in [0.5, 0.6) is 0 Å². The Morgan fingerprint density at radius 3 is 2.85 bits per heavy atom. The average molecular weight is 279 g/mol. The molecule has 20 heavy (non-hydrogen) atoms. The summed E-state index contributed by atoms with van der Waals surface area (Å²) < 4.78 is 5.66. The standard InChI is InChI=1S/C14H21N3O3/c1-5-20-12-7-11(14(12,3)4)16-13-10(17(18)19)6-9(2)8-15-13/h6,8,11-12H,5,7H2,1-4H3,(H,15,16). The maximum absolute atomic E-state index is 11.1. The van der Waals surface area contributed by atoms with Gasteiger partial charge >= 0.3 is 5.69 Å². The molecule has 0 aliphatic heterocycles. The van der Waals surface area contributed by atoms with E-state index in [2.05, 4.69) is 24.1 Å². The van der Waals surface area contributed by atoms with Gasteiger partial charge in [-0.2, -0.15) is 0 Å². The summed E-state index contributed by atoms with van der Waals surface area (Å²) in [6, 6.07) is 1.68. The van der Waals surface area contributed by atoms with E-state index in [0.29, 0.717) is 12.4 Å². The third kappa shape index (κ3) is 2.60. The number of nitrogens with one attached hydrogen (secondary N) is 1. The molecule has 0 saturated heterocycles. The molecule has 0 aromatic carbocycles. The first-order chi connectivity index (χ1) is 9.36. The number of aryl methyl sites for hydroxylation is 1. The smallest absolute Gasteiger partial charge is 0.311 e. The molecule has 0 spiro atoms. The van der Waals surface area contributed by atoms with Crippen LogP contribution in [0.25, 0.3) is 0 Å². The molecule has 1 aliphatic rings. The summed E-state index contributed by atoms with van der Waals surface area (Å²) in [6.07, 6.45) is 2.67. The molecule has 1 saturated carbocycles. The van der Waals surface area contributed by atoms with Gasteiger partial charge in [0.1, 0.15) is 0 Å². The predicted octanol–water partition coefficient (Wildman–Crippen LogP) is 2.91. The Hall–Kier alpha value is -1.69. The van der Waals surface area contributed by atoms with Crippen LogP contribution in [0.1, 0.15) is 32.8 Å². The molecule has 1 aromatic rings. The first-order valence-electron chi connectivity index (χ1n) is 6.85. The Morgan fingerprint density at radius 1 is 1.60 bits per heavy atom. The summed E-state index contributed by atoms with van der Waals surface area (Å²) in [5.41, 5.74) is 0.749. The van der Waals surface area contributed by atoms with Gasteiger partial charge in [0.25, 0.3) is 0 Å². The topological polar surface area (TPSA) is 77.3 Å². The zero-order valence-corrected chi connectivity index (χ0v) is 12.3. The van der Waals surface area contributed by atoms with Crippen LogP contribution in [0.3, 0.4) is 0 Å². The van der Waals surface area contributed by atoms with E-state index in [-0.39, 0.29) is 23.2 Å². The number of hydrogen-bond acceptors (Lipinski definition) is 5. The van der Waals surface area contributed by atoms with Gasteiger partial charge < -0.3 is 10.1 Å². The highest BCUT2D eigenvalue weighted by Gasteiger charge is 2.49. The Labute approximate surface area is 118 Å². The molecule has 2 atom stereocenters. The van der Waals surface area contributed by atoms with Crippen LogP contribution < -0.4 is 5.32 Å². The van der Waals surface area contributed by atoms with E-state index in [4.69, 9.17) is 4.74 Å². The van der Waals surface area contributed by atoms with E-state index in [1.807, 2.05) is 6.92 Å². The fourth-order valence-corrected chi connectivity index (χ4v) is 2.58. The summed E-state index contributed by atoms with van der Waals surface area (Å²) in [4.78, 5) is 14.9.